The van der Waals surface area contributed by atoms with Crippen molar-refractivity contribution in [3.63, 3.8) is 0 Å². The highest BCUT2D eigenvalue weighted by Crippen LogP contribution is 2.27. The number of hydrogen-bond acceptors (Lipinski definition) is 3. The van der Waals surface area contributed by atoms with Crippen molar-refractivity contribution in [2.45, 2.75) is 64.3 Å². The maximum atomic E-state index is 4.43. The van der Waals surface area contributed by atoms with Crippen molar-refractivity contribution in [1.29, 1.82) is 0 Å². The van der Waals surface area contributed by atoms with Gasteiger partial charge < -0.3 is 5.32 Å². The van der Waals surface area contributed by atoms with Crippen LogP contribution in [0.4, 0.5) is 0 Å². The summed E-state index contributed by atoms with van der Waals surface area (Å²) >= 11 is 1.79. The first-order valence-electron chi connectivity index (χ1n) is 7.50. The van der Waals surface area contributed by atoms with Crippen molar-refractivity contribution in [3.05, 3.63) is 16.6 Å². The molecule has 1 aromatic rings. The first-order chi connectivity index (χ1) is 8.88. The van der Waals surface area contributed by atoms with Crippen molar-refractivity contribution in [3.8, 4) is 0 Å². The lowest BCUT2D eigenvalue weighted by atomic mass is 9.91. The van der Waals surface area contributed by atoms with Crippen molar-refractivity contribution < 1.29 is 0 Å². The molecular formula is C15H26N2S. The largest absolute Gasteiger partial charge is 0.314 e. The summed E-state index contributed by atoms with van der Waals surface area (Å²) in [7, 11) is 0. The van der Waals surface area contributed by atoms with Gasteiger partial charge in [-0.1, -0.05) is 45.4 Å². The van der Waals surface area contributed by atoms with Gasteiger partial charge in [-0.25, -0.2) is 4.98 Å². The molecule has 2 nitrogen and oxygen atoms in total. The van der Waals surface area contributed by atoms with Gasteiger partial charge in [-0.3, -0.25) is 0 Å². The highest BCUT2D eigenvalue weighted by Gasteiger charge is 2.18. The Morgan fingerprint density at radius 2 is 2.11 bits per heavy atom. The number of likely N-dealkylation sites (N-methyl/N-ethyl adjacent to an activating group) is 1. The lowest BCUT2D eigenvalue weighted by molar-refractivity contribution is 0.353. The van der Waals surface area contributed by atoms with E-state index in [4.69, 9.17) is 0 Å². The number of rotatable bonds is 6. The second kappa shape index (κ2) is 7.90. The molecule has 3 heteroatoms. The maximum Gasteiger partial charge on any atom is 0.0940 e. The molecule has 0 aliphatic heterocycles. The van der Waals surface area contributed by atoms with Gasteiger partial charge in [-0.2, -0.15) is 0 Å². The molecule has 0 spiro atoms. The van der Waals surface area contributed by atoms with Gasteiger partial charge >= 0.3 is 0 Å². The molecule has 1 atom stereocenters. The van der Waals surface area contributed by atoms with Gasteiger partial charge in [-0.05, 0) is 18.9 Å². The quantitative estimate of drug-likeness (QED) is 0.787. The van der Waals surface area contributed by atoms with Gasteiger partial charge in [0.15, 0.2) is 0 Å². The minimum atomic E-state index is 0.629. The molecule has 1 heterocycles. The van der Waals surface area contributed by atoms with E-state index in [1.807, 2.05) is 6.20 Å². The van der Waals surface area contributed by atoms with Crippen LogP contribution in [0.3, 0.4) is 0 Å². The van der Waals surface area contributed by atoms with Crippen LogP contribution >= 0.6 is 11.3 Å². The zero-order valence-electron chi connectivity index (χ0n) is 11.5. The van der Waals surface area contributed by atoms with Gasteiger partial charge in [0.05, 0.1) is 5.01 Å². The minimum absolute atomic E-state index is 0.629. The van der Waals surface area contributed by atoms with Crippen LogP contribution < -0.4 is 5.32 Å². The summed E-state index contributed by atoms with van der Waals surface area (Å²) in [4.78, 5) is 4.43. The predicted molar refractivity (Wildman–Crippen MR) is 79.1 cm³/mol. The Kier molecular flexibility index (Phi) is 6.15. The molecule has 1 saturated carbocycles. The van der Waals surface area contributed by atoms with E-state index in [1.54, 1.807) is 11.3 Å². The fraction of sp³-hybridized carbons (Fsp3) is 0.800. The normalized spacial score (nSPS) is 19.6. The van der Waals surface area contributed by atoms with E-state index in [-0.39, 0.29) is 0 Å². The van der Waals surface area contributed by atoms with E-state index in [1.165, 1.54) is 50.0 Å². The molecule has 1 fully saturated rings. The summed E-state index contributed by atoms with van der Waals surface area (Å²) in [5, 5.41) is 7.03. The van der Waals surface area contributed by atoms with Crippen LogP contribution in [0.25, 0.3) is 0 Å². The van der Waals surface area contributed by atoms with Gasteiger partial charge in [0.1, 0.15) is 0 Å². The zero-order chi connectivity index (χ0) is 12.6. The Morgan fingerprint density at radius 3 is 2.72 bits per heavy atom. The fourth-order valence-corrected chi connectivity index (χ4v) is 3.79. The number of aromatic nitrogens is 1. The van der Waals surface area contributed by atoms with Crippen LogP contribution in [0.1, 0.15) is 56.9 Å². The Balaban J connectivity index is 1.84. The van der Waals surface area contributed by atoms with Gasteiger partial charge in [0, 0.05) is 24.0 Å². The molecule has 102 valence electrons. The maximum absolute atomic E-state index is 4.43. The van der Waals surface area contributed by atoms with E-state index >= 15 is 0 Å². The summed E-state index contributed by atoms with van der Waals surface area (Å²) in [5.41, 5.74) is 0. The number of hydrogen-bond donors (Lipinski definition) is 1. The monoisotopic (exact) mass is 266 g/mol. The molecule has 0 amide bonds. The van der Waals surface area contributed by atoms with Crippen LogP contribution in [0.5, 0.6) is 0 Å². The molecule has 0 radical (unpaired) electrons. The standard InChI is InChI=1S/C15H26N2S/c1-2-16-14(12-15-17-9-10-18-15)11-13-7-5-3-4-6-8-13/h9-10,13-14,16H,2-8,11-12H2,1H3. The van der Waals surface area contributed by atoms with E-state index in [0.29, 0.717) is 6.04 Å². The SMILES string of the molecule is CCNC(Cc1nccs1)CC1CCCCCC1. The third-order valence-electron chi connectivity index (χ3n) is 3.99. The lowest BCUT2D eigenvalue weighted by Gasteiger charge is -2.22. The fourth-order valence-electron chi connectivity index (χ4n) is 3.09. The first kappa shape index (κ1) is 14.0. The molecule has 0 bridgehead atoms. The molecule has 1 aromatic heterocycles. The topological polar surface area (TPSA) is 24.9 Å². The Morgan fingerprint density at radius 1 is 1.33 bits per heavy atom. The Labute approximate surface area is 115 Å². The Bertz CT molecular complexity index is 302. The smallest absolute Gasteiger partial charge is 0.0940 e. The van der Waals surface area contributed by atoms with Crippen LogP contribution in [0, 0.1) is 5.92 Å². The van der Waals surface area contributed by atoms with Crippen molar-refractivity contribution in [2.24, 2.45) is 5.92 Å². The number of thiazole rings is 1. The summed E-state index contributed by atoms with van der Waals surface area (Å²) < 4.78 is 0. The summed E-state index contributed by atoms with van der Waals surface area (Å²) in [5.74, 6) is 0.941. The minimum Gasteiger partial charge on any atom is -0.314 e. The lowest BCUT2D eigenvalue weighted by Crippen LogP contribution is -2.33. The molecule has 1 aliphatic rings. The summed E-state index contributed by atoms with van der Waals surface area (Å²) in [6.07, 6.45) is 13.1. The summed E-state index contributed by atoms with van der Waals surface area (Å²) in [6.45, 7) is 3.28. The van der Waals surface area contributed by atoms with Crippen molar-refractivity contribution in [1.82, 2.24) is 10.3 Å². The summed E-state index contributed by atoms with van der Waals surface area (Å²) in [6, 6.07) is 0.629. The second-order valence-electron chi connectivity index (χ2n) is 5.48. The molecule has 0 saturated heterocycles. The molecule has 1 N–H and O–H groups in total. The predicted octanol–water partition coefficient (Wildman–Crippen LogP) is 4.02. The highest BCUT2D eigenvalue weighted by atomic mass is 32.1. The van der Waals surface area contributed by atoms with Crippen LogP contribution in [-0.2, 0) is 6.42 Å². The van der Waals surface area contributed by atoms with Crippen LogP contribution in [-0.4, -0.2) is 17.6 Å². The number of nitrogens with one attached hydrogen (secondary N) is 1. The van der Waals surface area contributed by atoms with Crippen LogP contribution in [0.15, 0.2) is 11.6 Å². The molecular weight excluding hydrogens is 240 g/mol. The second-order valence-corrected chi connectivity index (χ2v) is 6.46. The third-order valence-corrected chi connectivity index (χ3v) is 4.79. The van der Waals surface area contributed by atoms with Crippen molar-refractivity contribution in [2.75, 3.05) is 6.54 Å². The molecule has 0 aromatic carbocycles. The first-order valence-corrected chi connectivity index (χ1v) is 8.38. The van der Waals surface area contributed by atoms with E-state index in [9.17, 15) is 0 Å². The van der Waals surface area contributed by atoms with E-state index < -0.39 is 0 Å². The molecule has 2 rings (SSSR count). The molecule has 1 aliphatic carbocycles. The van der Waals surface area contributed by atoms with Gasteiger partial charge in [0.25, 0.3) is 0 Å². The van der Waals surface area contributed by atoms with Crippen molar-refractivity contribution >= 4 is 11.3 Å². The number of nitrogens with zero attached hydrogens (tertiary/aromatic N) is 1. The highest BCUT2D eigenvalue weighted by molar-refractivity contribution is 7.09. The third kappa shape index (κ3) is 4.69. The van der Waals surface area contributed by atoms with Gasteiger partial charge in [-0.15, -0.1) is 11.3 Å². The molecule has 18 heavy (non-hydrogen) atoms. The average Bonchev–Trinajstić information content (AvgIpc) is 2.73. The Hall–Kier alpha value is -0.410. The van der Waals surface area contributed by atoms with E-state index in [0.717, 1.165) is 18.9 Å². The molecule has 1 unspecified atom stereocenters. The van der Waals surface area contributed by atoms with E-state index in [2.05, 4.69) is 22.6 Å². The van der Waals surface area contributed by atoms with Crippen LogP contribution in [0.2, 0.25) is 0 Å². The zero-order valence-corrected chi connectivity index (χ0v) is 12.3. The average molecular weight is 266 g/mol. The van der Waals surface area contributed by atoms with Gasteiger partial charge in [0.2, 0.25) is 0 Å².